The van der Waals surface area contributed by atoms with Crippen LogP contribution < -0.4 is 5.73 Å². The Kier molecular flexibility index (Phi) is 3.37. The Bertz CT molecular complexity index is 556. The maximum absolute atomic E-state index is 13.3. The van der Waals surface area contributed by atoms with E-state index < -0.39 is 0 Å². The van der Waals surface area contributed by atoms with Crippen LogP contribution in [0.15, 0.2) is 36.4 Å². The zero-order chi connectivity index (χ0) is 13.3. The minimum Gasteiger partial charge on any atom is -0.396 e. The quantitative estimate of drug-likeness (QED) is 0.772. The van der Waals surface area contributed by atoms with Crippen molar-refractivity contribution in [3.05, 3.63) is 53.3 Å². The lowest BCUT2D eigenvalue weighted by Crippen LogP contribution is -1.94. The van der Waals surface area contributed by atoms with Crippen molar-refractivity contribution in [2.45, 2.75) is 26.7 Å². The van der Waals surface area contributed by atoms with Crippen LogP contribution in [-0.2, 0) is 0 Å². The number of nitrogens with two attached hydrogens (primary N) is 1. The highest BCUT2D eigenvalue weighted by molar-refractivity contribution is 5.71. The van der Waals surface area contributed by atoms with Crippen LogP contribution in [0.4, 0.5) is 10.1 Å². The van der Waals surface area contributed by atoms with Crippen LogP contribution in [0.25, 0.3) is 11.1 Å². The van der Waals surface area contributed by atoms with Crippen LogP contribution in [0.5, 0.6) is 0 Å². The average molecular weight is 243 g/mol. The SMILES string of the molecule is Cc1cc(F)c(N)cc1-c1ccc(C(C)C)cc1. The molecule has 0 bridgehead atoms. The number of anilines is 1. The third kappa shape index (κ3) is 2.37. The molecule has 1 nitrogen and oxygen atoms in total. The molecule has 94 valence electrons. The number of rotatable bonds is 2. The number of nitrogen functional groups attached to an aromatic ring is 1. The number of hydrogen-bond donors (Lipinski definition) is 1. The van der Waals surface area contributed by atoms with Gasteiger partial charge in [0.15, 0.2) is 0 Å². The number of aryl methyl sites for hydroxylation is 1. The Morgan fingerprint density at radius 1 is 1.06 bits per heavy atom. The summed E-state index contributed by atoms with van der Waals surface area (Å²) in [7, 11) is 0. The van der Waals surface area contributed by atoms with E-state index in [0.717, 1.165) is 16.7 Å². The number of benzene rings is 2. The van der Waals surface area contributed by atoms with Crippen LogP contribution in [0.2, 0.25) is 0 Å². The molecule has 0 saturated carbocycles. The first-order valence-corrected chi connectivity index (χ1v) is 6.15. The van der Waals surface area contributed by atoms with Gasteiger partial charge in [-0.25, -0.2) is 4.39 Å². The molecule has 0 aromatic heterocycles. The second-order valence-corrected chi connectivity index (χ2v) is 4.97. The van der Waals surface area contributed by atoms with E-state index in [-0.39, 0.29) is 11.5 Å². The van der Waals surface area contributed by atoms with Crippen LogP contribution in [-0.4, -0.2) is 0 Å². The highest BCUT2D eigenvalue weighted by atomic mass is 19.1. The smallest absolute Gasteiger partial charge is 0.146 e. The summed E-state index contributed by atoms with van der Waals surface area (Å²) in [5.41, 5.74) is 10.1. The van der Waals surface area contributed by atoms with E-state index in [2.05, 4.69) is 38.1 Å². The van der Waals surface area contributed by atoms with Crippen LogP contribution in [0.3, 0.4) is 0 Å². The monoisotopic (exact) mass is 243 g/mol. The summed E-state index contributed by atoms with van der Waals surface area (Å²) in [6.45, 7) is 6.22. The molecule has 0 fully saturated rings. The maximum Gasteiger partial charge on any atom is 0.146 e. The van der Waals surface area contributed by atoms with Crippen molar-refractivity contribution in [1.29, 1.82) is 0 Å². The van der Waals surface area contributed by atoms with Crippen LogP contribution >= 0.6 is 0 Å². The van der Waals surface area contributed by atoms with Crippen molar-refractivity contribution >= 4 is 5.69 Å². The molecule has 0 heterocycles. The van der Waals surface area contributed by atoms with Crippen molar-refractivity contribution in [3.63, 3.8) is 0 Å². The van der Waals surface area contributed by atoms with Gasteiger partial charge >= 0.3 is 0 Å². The predicted molar refractivity (Wildman–Crippen MR) is 75.1 cm³/mol. The largest absolute Gasteiger partial charge is 0.396 e. The van der Waals surface area contributed by atoms with Crippen molar-refractivity contribution in [2.24, 2.45) is 0 Å². The first kappa shape index (κ1) is 12.6. The molecule has 0 spiro atoms. The minimum atomic E-state index is -0.352. The molecule has 2 N–H and O–H groups in total. The molecule has 0 saturated heterocycles. The molecule has 2 aromatic rings. The summed E-state index contributed by atoms with van der Waals surface area (Å²) in [6, 6.07) is 11.5. The molecule has 2 rings (SSSR count). The predicted octanol–water partition coefficient (Wildman–Crippen LogP) is 4.51. The van der Waals surface area contributed by atoms with Gasteiger partial charge in [0.1, 0.15) is 5.82 Å². The number of hydrogen-bond acceptors (Lipinski definition) is 1. The van der Waals surface area contributed by atoms with Gasteiger partial charge in [0, 0.05) is 0 Å². The summed E-state index contributed by atoms with van der Waals surface area (Å²) in [6.07, 6.45) is 0. The normalized spacial score (nSPS) is 10.9. The van der Waals surface area contributed by atoms with E-state index in [1.54, 1.807) is 6.07 Å². The Morgan fingerprint density at radius 3 is 2.22 bits per heavy atom. The van der Waals surface area contributed by atoms with Gasteiger partial charge in [0.2, 0.25) is 0 Å². The molecule has 0 amide bonds. The first-order chi connectivity index (χ1) is 8.49. The highest BCUT2D eigenvalue weighted by Crippen LogP contribution is 2.28. The van der Waals surface area contributed by atoms with Gasteiger partial charge in [-0.3, -0.25) is 0 Å². The van der Waals surface area contributed by atoms with Crippen LogP contribution in [0.1, 0.15) is 30.9 Å². The lowest BCUT2D eigenvalue weighted by molar-refractivity contribution is 0.631. The second kappa shape index (κ2) is 4.81. The molecule has 0 atom stereocenters. The summed E-state index contributed by atoms with van der Waals surface area (Å²) in [5.74, 6) is 0.161. The summed E-state index contributed by atoms with van der Waals surface area (Å²) in [4.78, 5) is 0. The maximum atomic E-state index is 13.3. The number of halogens is 1. The van der Waals surface area contributed by atoms with Crippen molar-refractivity contribution in [1.82, 2.24) is 0 Å². The van der Waals surface area contributed by atoms with Gasteiger partial charge in [0.25, 0.3) is 0 Å². The van der Waals surface area contributed by atoms with Gasteiger partial charge in [-0.05, 0) is 47.2 Å². The minimum absolute atomic E-state index is 0.198. The zero-order valence-corrected chi connectivity index (χ0v) is 11.0. The Balaban J connectivity index is 2.46. The summed E-state index contributed by atoms with van der Waals surface area (Å²) >= 11 is 0. The lowest BCUT2D eigenvalue weighted by Gasteiger charge is -2.10. The van der Waals surface area contributed by atoms with E-state index >= 15 is 0 Å². The first-order valence-electron chi connectivity index (χ1n) is 6.15. The van der Waals surface area contributed by atoms with E-state index in [1.165, 1.54) is 11.6 Å². The molecular formula is C16H18FN. The topological polar surface area (TPSA) is 26.0 Å². The van der Waals surface area contributed by atoms with Gasteiger partial charge in [-0.15, -0.1) is 0 Å². The van der Waals surface area contributed by atoms with E-state index in [9.17, 15) is 4.39 Å². The van der Waals surface area contributed by atoms with Crippen molar-refractivity contribution < 1.29 is 4.39 Å². The molecular weight excluding hydrogens is 225 g/mol. The standard InChI is InChI=1S/C16H18FN/c1-10(2)12-4-6-13(7-5-12)14-9-16(18)15(17)8-11(14)3/h4-10H,18H2,1-3H3. The lowest BCUT2D eigenvalue weighted by atomic mass is 9.96. The van der Waals surface area contributed by atoms with Gasteiger partial charge in [0.05, 0.1) is 5.69 Å². The average Bonchev–Trinajstić information content (AvgIpc) is 2.34. The Morgan fingerprint density at radius 2 is 1.67 bits per heavy atom. The molecule has 18 heavy (non-hydrogen) atoms. The second-order valence-electron chi connectivity index (χ2n) is 4.97. The molecule has 0 aliphatic rings. The van der Waals surface area contributed by atoms with E-state index in [0.29, 0.717) is 5.92 Å². The summed E-state index contributed by atoms with van der Waals surface area (Å²) < 4.78 is 13.3. The van der Waals surface area contributed by atoms with Gasteiger partial charge < -0.3 is 5.73 Å². The molecule has 0 radical (unpaired) electrons. The van der Waals surface area contributed by atoms with Gasteiger partial charge in [-0.1, -0.05) is 38.1 Å². The van der Waals surface area contributed by atoms with E-state index in [1.807, 2.05) is 6.92 Å². The third-order valence-corrected chi connectivity index (χ3v) is 3.23. The molecule has 0 unspecified atom stereocenters. The highest BCUT2D eigenvalue weighted by Gasteiger charge is 2.07. The van der Waals surface area contributed by atoms with Crippen LogP contribution in [0, 0.1) is 12.7 Å². The Labute approximate surface area is 107 Å². The third-order valence-electron chi connectivity index (χ3n) is 3.23. The Hall–Kier alpha value is -1.83. The van der Waals surface area contributed by atoms with Gasteiger partial charge in [-0.2, -0.15) is 0 Å². The van der Waals surface area contributed by atoms with Crippen molar-refractivity contribution in [2.75, 3.05) is 5.73 Å². The molecule has 0 aliphatic carbocycles. The fraction of sp³-hybridized carbons (Fsp3) is 0.250. The summed E-state index contributed by atoms with van der Waals surface area (Å²) in [5, 5.41) is 0. The molecule has 0 aliphatic heterocycles. The molecule has 2 aromatic carbocycles. The fourth-order valence-electron chi connectivity index (χ4n) is 2.05. The van der Waals surface area contributed by atoms with E-state index in [4.69, 9.17) is 5.73 Å². The fourth-order valence-corrected chi connectivity index (χ4v) is 2.05. The molecule has 2 heteroatoms. The zero-order valence-electron chi connectivity index (χ0n) is 11.0. The van der Waals surface area contributed by atoms with Crippen molar-refractivity contribution in [3.8, 4) is 11.1 Å².